The molecule has 1 aliphatic rings. The molecule has 5 atom stereocenters. The van der Waals surface area contributed by atoms with Crippen molar-refractivity contribution in [1.82, 2.24) is 0 Å². The summed E-state index contributed by atoms with van der Waals surface area (Å²) in [6.07, 6.45) is -9.50. The number of benzene rings is 2. The Bertz CT molecular complexity index is 1040. The van der Waals surface area contributed by atoms with Gasteiger partial charge >= 0.3 is 17.9 Å². The number of hydrogen-bond acceptors (Lipinski definition) is 9. The van der Waals surface area contributed by atoms with Gasteiger partial charge in [0.2, 0.25) is 6.29 Å². The molecule has 1 aliphatic heterocycles. The predicted octanol–water partition coefficient (Wildman–Crippen LogP) is 0.486. The quantitative estimate of drug-likeness (QED) is 0.339. The molecule has 11 heteroatoms. The molecule has 1 heterocycles. The normalized spacial score (nSPS) is 25.1. The van der Waals surface area contributed by atoms with E-state index in [-0.39, 0.29) is 16.8 Å². The lowest BCUT2D eigenvalue weighted by molar-refractivity contribution is -0.278. The van der Waals surface area contributed by atoms with E-state index < -0.39 is 48.6 Å². The van der Waals surface area contributed by atoms with Crippen LogP contribution in [0.3, 0.4) is 0 Å². The van der Waals surface area contributed by atoms with E-state index in [1.165, 1.54) is 30.3 Å². The largest absolute Gasteiger partial charge is 0.479 e. The van der Waals surface area contributed by atoms with Gasteiger partial charge < -0.3 is 40.3 Å². The van der Waals surface area contributed by atoms with Crippen molar-refractivity contribution in [3.8, 4) is 0 Å². The van der Waals surface area contributed by atoms with Crippen LogP contribution in [0.4, 0.5) is 11.4 Å². The molecule has 6 N–H and O–H groups in total. The zero-order valence-electron chi connectivity index (χ0n) is 16.7. The van der Waals surface area contributed by atoms with E-state index in [0.29, 0.717) is 11.3 Å². The number of nitrogens with one attached hydrogen (secondary N) is 1. The summed E-state index contributed by atoms with van der Waals surface area (Å²) in [5, 5.41) is 51.0. The highest BCUT2D eigenvalue weighted by Crippen LogP contribution is 2.28. The topological polar surface area (TPSA) is 183 Å². The van der Waals surface area contributed by atoms with E-state index in [1.807, 2.05) is 0 Å². The maximum Gasteiger partial charge on any atom is 0.342 e. The van der Waals surface area contributed by atoms with Crippen LogP contribution in [0, 0.1) is 6.92 Å². The number of anilines is 2. The van der Waals surface area contributed by atoms with Crippen LogP contribution >= 0.6 is 0 Å². The molecule has 32 heavy (non-hydrogen) atoms. The maximum atomic E-state index is 12.8. The number of esters is 1. The Morgan fingerprint density at radius 3 is 2.16 bits per heavy atom. The molecule has 3 rings (SSSR count). The van der Waals surface area contributed by atoms with Gasteiger partial charge in [-0.3, -0.25) is 0 Å². The lowest BCUT2D eigenvalue weighted by Gasteiger charge is -2.38. The minimum Gasteiger partial charge on any atom is -0.479 e. The number of rotatable bonds is 6. The van der Waals surface area contributed by atoms with Crippen molar-refractivity contribution < 1.29 is 49.4 Å². The average molecular weight is 447 g/mol. The van der Waals surface area contributed by atoms with E-state index in [0.717, 1.165) is 0 Å². The Hall–Kier alpha value is -3.51. The molecule has 0 spiro atoms. The van der Waals surface area contributed by atoms with E-state index in [4.69, 9.17) is 14.6 Å². The van der Waals surface area contributed by atoms with E-state index >= 15 is 0 Å². The number of aliphatic carboxylic acids is 1. The highest BCUT2D eigenvalue weighted by atomic mass is 16.7. The van der Waals surface area contributed by atoms with Crippen molar-refractivity contribution in [1.29, 1.82) is 0 Å². The molecule has 0 aliphatic carbocycles. The van der Waals surface area contributed by atoms with Gasteiger partial charge in [-0.05, 0) is 36.8 Å². The van der Waals surface area contributed by atoms with Crippen LogP contribution < -0.4 is 5.32 Å². The van der Waals surface area contributed by atoms with E-state index in [1.54, 1.807) is 19.1 Å². The van der Waals surface area contributed by atoms with Gasteiger partial charge in [0.05, 0.1) is 16.8 Å². The number of carbonyl (C=O) groups is 3. The van der Waals surface area contributed by atoms with Crippen LogP contribution in [-0.4, -0.2) is 74.1 Å². The minimum atomic E-state index is -1.92. The highest BCUT2D eigenvalue weighted by molar-refractivity contribution is 5.97. The first-order chi connectivity index (χ1) is 15.1. The number of aliphatic hydroxyl groups excluding tert-OH is 3. The fourth-order valence-electron chi connectivity index (χ4n) is 3.24. The Labute approximate surface area is 181 Å². The summed E-state index contributed by atoms with van der Waals surface area (Å²) in [6, 6.07) is 10.6. The van der Waals surface area contributed by atoms with Crippen LogP contribution in [-0.2, 0) is 14.3 Å². The summed E-state index contributed by atoms with van der Waals surface area (Å²) in [6.45, 7) is 1.59. The number of carbonyl (C=O) groups excluding carboxylic acids is 1. The summed E-state index contributed by atoms with van der Waals surface area (Å²) >= 11 is 0. The molecule has 0 radical (unpaired) electrons. The van der Waals surface area contributed by atoms with E-state index in [2.05, 4.69) is 5.32 Å². The summed E-state index contributed by atoms with van der Waals surface area (Å²) in [5.74, 6) is -3.74. The van der Waals surface area contributed by atoms with Gasteiger partial charge in [0.1, 0.15) is 18.3 Å². The number of aromatic carboxylic acids is 1. The van der Waals surface area contributed by atoms with Crippen LogP contribution in [0.5, 0.6) is 0 Å². The predicted molar refractivity (Wildman–Crippen MR) is 108 cm³/mol. The van der Waals surface area contributed by atoms with Crippen molar-refractivity contribution in [2.45, 2.75) is 37.6 Å². The second kappa shape index (κ2) is 9.32. The Kier molecular flexibility index (Phi) is 6.75. The summed E-state index contributed by atoms with van der Waals surface area (Å²) in [7, 11) is 0. The number of carboxylic acids is 2. The molecule has 2 aromatic rings. The molecule has 11 nitrogen and oxygen atoms in total. The van der Waals surface area contributed by atoms with Gasteiger partial charge in [-0.15, -0.1) is 0 Å². The minimum absolute atomic E-state index is 0.0316. The Balaban J connectivity index is 1.84. The van der Waals surface area contributed by atoms with Crippen LogP contribution in [0.1, 0.15) is 26.3 Å². The first kappa shape index (κ1) is 23.2. The Morgan fingerprint density at radius 2 is 1.50 bits per heavy atom. The third kappa shape index (κ3) is 4.55. The summed E-state index contributed by atoms with van der Waals surface area (Å²) < 4.78 is 10.0. The van der Waals surface area contributed by atoms with Crippen LogP contribution in [0.25, 0.3) is 0 Å². The lowest BCUT2D eigenvalue weighted by atomic mass is 9.99. The number of ether oxygens (including phenoxy) is 2. The van der Waals surface area contributed by atoms with Crippen molar-refractivity contribution in [2.75, 3.05) is 5.32 Å². The number of hydrogen-bond donors (Lipinski definition) is 6. The Morgan fingerprint density at radius 1 is 0.875 bits per heavy atom. The van der Waals surface area contributed by atoms with Gasteiger partial charge in [-0.25, -0.2) is 14.4 Å². The second-order valence-electron chi connectivity index (χ2n) is 7.09. The summed E-state index contributed by atoms with van der Waals surface area (Å²) in [5.41, 5.74) is 1.12. The molecular weight excluding hydrogens is 426 g/mol. The van der Waals surface area contributed by atoms with Crippen molar-refractivity contribution in [2.24, 2.45) is 0 Å². The third-order valence-corrected chi connectivity index (χ3v) is 5.02. The van der Waals surface area contributed by atoms with Crippen molar-refractivity contribution in [3.63, 3.8) is 0 Å². The molecule has 1 fully saturated rings. The molecule has 0 amide bonds. The SMILES string of the molecule is Cc1c(Nc2ccccc2C(=O)OC2O[C@H](C(=O)O)[C@@H](O)[C@H](O)[C@H]2O)cccc1C(=O)O. The fraction of sp³-hybridized carbons (Fsp3) is 0.286. The lowest BCUT2D eigenvalue weighted by Crippen LogP contribution is -2.60. The monoisotopic (exact) mass is 447 g/mol. The molecule has 0 aromatic heterocycles. The number of aliphatic hydroxyl groups is 3. The van der Waals surface area contributed by atoms with Gasteiger partial charge in [0.15, 0.2) is 6.10 Å². The first-order valence-electron chi connectivity index (χ1n) is 9.44. The highest BCUT2D eigenvalue weighted by Gasteiger charge is 2.48. The van der Waals surface area contributed by atoms with Gasteiger partial charge in [0.25, 0.3) is 0 Å². The smallest absolute Gasteiger partial charge is 0.342 e. The fourth-order valence-corrected chi connectivity index (χ4v) is 3.24. The number of para-hydroxylation sites is 1. The molecule has 1 saturated heterocycles. The van der Waals surface area contributed by atoms with Gasteiger partial charge in [-0.2, -0.15) is 0 Å². The maximum absolute atomic E-state index is 12.8. The average Bonchev–Trinajstić information content (AvgIpc) is 2.75. The third-order valence-electron chi connectivity index (χ3n) is 5.02. The number of carboxylic acid groups (broad SMARTS) is 2. The van der Waals surface area contributed by atoms with Crippen LogP contribution in [0.2, 0.25) is 0 Å². The molecule has 0 bridgehead atoms. The van der Waals surface area contributed by atoms with E-state index in [9.17, 15) is 34.8 Å². The molecule has 2 aromatic carbocycles. The summed E-state index contributed by atoms with van der Waals surface area (Å²) in [4.78, 5) is 35.3. The molecular formula is C21H21NO10. The van der Waals surface area contributed by atoms with Gasteiger partial charge in [-0.1, -0.05) is 18.2 Å². The first-order valence-corrected chi connectivity index (χ1v) is 9.44. The van der Waals surface area contributed by atoms with Gasteiger partial charge in [0, 0.05) is 5.69 Å². The standard InChI is InChI=1S/C21H21NO10/c1-9-10(18(26)27)6-4-8-12(9)22-13-7-3-2-5-11(13)20(30)32-21-16(25)14(23)15(24)17(31-21)19(28)29/h2-8,14-17,21-25H,1H3,(H,26,27)(H,28,29)/t14-,15-,16+,17-,21?/m0/s1. The second-order valence-corrected chi connectivity index (χ2v) is 7.09. The van der Waals surface area contributed by atoms with Crippen LogP contribution in [0.15, 0.2) is 42.5 Å². The van der Waals surface area contributed by atoms with Crippen molar-refractivity contribution >= 4 is 29.3 Å². The zero-order valence-corrected chi connectivity index (χ0v) is 16.7. The molecule has 170 valence electrons. The molecule has 0 saturated carbocycles. The molecule has 1 unspecified atom stereocenters. The zero-order chi connectivity index (χ0) is 23.6. The van der Waals surface area contributed by atoms with Crippen molar-refractivity contribution in [3.05, 3.63) is 59.2 Å².